The monoisotopic (exact) mass is 484 g/mol. The Labute approximate surface area is 198 Å². The van der Waals surface area contributed by atoms with Gasteiger partial charge in [-0.25, -0.2) is 8.42 Å². The molecule has 172 valence electrons. The van der Waals surface area contributed by atoms with Gasteiger partial charge in [-0.3, -0.25) is 9.69 Å². The molecule has 0 aromatic heterocycles. The summed E-state index contributed by atoms with van der Waals surface area (Å²) in [7, 11) is -3.99. The Morgan fingerprint density at radius 2 is 1.45 bits per heavy atom. The quantitative estimate of drug-likeness (QED) is 0.536. The van der Waals surface area contributed by atoms with Crippen molar-refractivity contribution in [3.05, 3.63) is 89.4 Å². The standard InChI is InChI=1S/C25H25ClN2O4S/c26-20-6-8-21(9-7-20)32-22-10-12-23(13-11-22)33(30,31)25(24(27)29)14-16-28(17-15-25)18-19-4-2-1-3-5-19/h1-13H,14-18H2,(H2,27,29). The van der Waals surface area contributed by atoms with Gasteiger partial charge in [0, 0.05) is 24.7 Å². The van der Waals surface area contributed by atoms with Crippen LogP contribution >= 0.6 is 11.6 Å². The van der Waals surface area contributed by atoms with E-state index in [2.05, 4.69) is 4.90 Å². The normalized spacial score (nSPS) is 16.3. The first kappa shape index (κ1) is 23.3. The average Bonchev–Trinajstić information content (AvgIpc) is 2.82. The van der Waals surface area contributed by atoms with Gasteiger partial charge in [-0.15, -0.1) is 0 Å². The lowest BCUT2D eigenvalue weighted by Gasteiger charge is -2.39. The van der Waals surface area contributed by atoms with E-state index in [4.69, 9.17) is 22.1 Å². The van der Waals surface area contributed by atoms with Gasteiger partial charge in [-0.05, 0) is 66.9 Å². The highest BCUT2D eigenvalue weighted by molar-refractivity contribution is 7.93. The number of rotatable bonds is 7. The SMILES string of the molecule is NC(=O)C1(S(=O)(=O)c2ccc(Oc3ccc(Cl)cc3)cc2)CCN(Cc2ccccc2)CC1. The van der Waals surface area contributed by atoms with Crippen LogP contribution in [0.5, 0.6) is 11.5 Å². The van der Waals surface area contributed by atoms with Crippen LogP contribution in [-0.4, -0.2) is 37.1 Å². The van der Waals surface area contributed by atoms with Gasteiger partial charge in [-0.2, -0.15) is 0 Å². The van der Waals surface area contributed by atoms with Gasteiger partial charge in [0.2, 0.25) is 5.91 Å². The lowest BCUT2D eigenvalue weighted by atomic mass is 9.94. The van der Waals surface area contributed by atoms with Gasteiger partial charge >= 0.3 is 0 Å². The Hall–Kier alpha value is -2.87. The summed E-state index contributed by atoms with van der Waals surface area (Å²) in [4.78, 5) is 14.7. The first-order chi connectivity index (χ1) is 15.8. The smallest absolute Gasteiger partial charge is 0.239 e. The van der Waals surface area contributed by atoms with Crippen LogP contribution in [0.25, 0.3) is 0 Å². The lowest BCUT2D eigenvalue weighted by molar-refractivity contribution is -0.121. The number of carbonyl (C=O) groups is 1. The molecule has 1 aliphatic heterocycles. The molecule has 1 fully saturated rings. The maximum Gasteiger partial charge on any atom is 0.239 e. The Balaban J connectivity index is 1.50. The van der Waals surface area contributed by atoms with Crippen molar-refractivity contribution in [3.8, 4) is 11.5 Å². The fraction of sp³-hybridized carbons (Fsp3) is 0.240. The minimum atomic E-state index is -3.99. The highest BCUT2D eigenvalue weighted by Crippen LogP contribution is 2.36. The number of amides is 1. The lowest BCUT2D eigenvalue weighted by Crippen LogP contribution is -2.56. The molecule has 1 amide bonds. The zero-order valence-corrected chi connectivity index (χ0v) is 19.6. The Bertz CT molecular complexity index is 1210. The summed E-state index contributed by atoms with van der Waals surface area (Å²) in [5, 5.41) is 0.593. The summed E-state index contributed by atoms with van der Waals surface area (Å²) >= 11 is 5.88. The van der Waals surface area contributed by atoms with Gasteiger partial charge in [0.25, 0.3) is 0 Å². The highest BCUT2D eigenvalue weighted by atomic mass is 35.5. The molecule has 6 nitrogen and oxygen atoms in total. The van der Waals surface area contributed by atoms with Crippen LogP contribution in [0.15, 0.2) is 83.8 Å². The van der Waals surface area contributed by atoms with Crippen molar-refractivity contribution in [2.24, 2.45) is 5.73 Å². The van der Waals surface area contributed by atoms with E-state index in [1.165, 1.54) is 12.1 Å². The second-order valence-corrected chi connectivity index (χ2v) is 10.8. The van der Waals surface area contributed by atoms with Crippen LogP contribution in [0.2, 0.25) is 5.02 Å². The number of likely N-dealkylation sites (tertiary alicyclic amines) is 1. The zero-order valence-electron chi connectivity index (χ0n) is 18.0. The molecular weight excluding hydrogens is 460 g/mol. The third kappa shape index (κ3) is 4.90. The van der Waals surface area contributed by atoms with Gasteiger partial charge in [0.05, 0.1) is 4.90 Å². The van der Waals surface area contributed by atoms with Crippen molar-refractivity contribution in [1.82, 2.24) is 4.90 Å². The van der Waals surface area contributed by atoms with Crippen molar-refractivity contribution in [3.63, 3.8) is 0 Å². The number of ether oxygens (including phenoxy) is 1. The zero-order chi connectivity index (χ0) is 23.5. The third-order valence-corrected chi connectivity index (χ3v) is 8.84. The molecule has 8 heteroatoms. The molecule has 0 aliphatic carbocycles. The molecule has 4 rings (SSSR count). The van der Waals surface area contributed by atoms with Crippen LogP contribution in [0.1, 0.15) is 18.4 Å². The molecule has 0 radical (unpaired) electrons. The third-order valence-electron chi connectivity index (χ3n) is 6.06. The van der Waals surface area contributed by atoms with Crippen molar-refractivity contribution >= 4 is 27.3 Å². The molecule has 33 heavy (non-hydrogen) atoms. The van der Waals surface area contributed by atoms with Gasteiger partial charge in [0.15, 0.2) is 14.6 Å². The molecule has 0 saturated carbocycles. The molecule has 0 unspecified atom stereocenters. The fourth-order valence-electron chi connectivity index (χ4n) is 4.11. The van der Waals surface area contributed by atoms with Crippen molar-refractivity contribution in [2.45, 2.75) is 29.0 Å². The Morgan fingerprint density at radius 1 is 0.909 bits per heavy atom. The van der Waals surface area contributed by atoms with Crippen LogP contribution in [0, 0.1) is 0 Å². The van der Waals surface area contributed by atoms with Gasteiger partial charge in [-0.1, -0.05) is 41.9 Å². The number of nitrogens with two attached hydrogens (primary N) is 1. The summed E-state index contributed by atoms with van der Waals surface area (Å²) in [5.41, 5.74) is 6.84. The summed E-state index contributed by atoms with van der Waals surface area (Å²) in [6.45, 7) is 1.64. The average molecular weight is 485 g/mol. The van der Waals surface area contributed by atoms with E-state index < -0.39 is 20.5 Å². The summed E-state index contributed by atoms with van der Waals surface area (Å²) in [6, 6.07) is 22.9. The number of carbonyl (C=O) groups excluding carboxylic acids is 1. The van der Waals surface area contributed by atoms with Crippen molar-refractivity contribution in [2.75, 3.05) is 13.1 Å². The van der Waals surface area contributed by atoms with E-state index >= 15 is 0 Å². The van der Waals surface area contributed by atoms with E-state index in [0.29, 0.717) is 36.2 Å². The van der Waals surface area contributed by atoms with Crippen molar-refractivity contribution < 1.29 is 17.9 Å². The molecule has 0 atom stereocenters. The van der Waals surface area contributed by atoms with E-state index in [0.717, 1.165) is 5.56 Å². The van der Waals surface area contributed by atoms with E-state index in [9.17, 15) is 13.2 Å². The Kier molecular flexibility index (Phi) is 6.74. The van der Waals surface area contributed by atoms with Gasteiger partial charge in [0.1, 0.15) is 11.5 Å². The molecule has 0 bridgehead atoms. The second kappa shape index (κ2) is 9.55. The van der Waals surface area contributed by atoms with Crippen molar-refractivity contribution in [1.29, 1.82) is 0 Å². The number of benzene rings is 3. The molecule has 1 saturated heterocycles. The minimum absolute atomic E-state index is 0.0567. The minimum Gasteiger partial charge on any atom is -0.457 e. The number of primary amides is 1. The fourth-order valence-corrected chi connectivity index (χ4v) is 6.17. The maximum atomic E-state index is 13.5. The molecule has 0 spiro atoms. The predicted molar refractivity (Wildman–Crippen MR) is 128 cm³/mol. The molecule has 3 aromatic carbocycles. The molecule has 1 heterocycles. The molecule has 2 N–H and O–H groups in total. The number of piperidine rings is 1. The van der Waals surface area contributed by atoms with Crippen LogP contribution in [0.3, 0.4) is 0 Å². The molecule has 3 aromatic rings. The molecule has 1 aliphatic rings. The summed E-state index contributed by atoms with van der Waals surface area (Å²) in [6.07, 6.45) is 0.307. The predicted octanol–water partition coefficient (Wildman–Crippen LogP) is 4.43. The second-order valence-electron chi connectivity index (χ2n) is 8.15. The van der Waals surface area contributed by atoms with Gasteiger partial charge < -0.3 is 10.5 Å². The maximum absolute atomic E-state index is 13.5. The van der Waals surface area contributed by atoms with Crippen LogP contribution in [-0.2, 0) is 21.2 Å². The first-order valence-corrected chi connectivity index (χ1v) is 12.5. The van der Waals surface area contributed by atoms with E-state index in [-0.39, 0.29) is 17.7 Å². The number of nitrogens with zero attached hydrogens (tertiary/aromatic N) is 1. The Morgan fingerprint density at radius 3 is 2.00 bits per heavy atom. The number of sulfone groups is 1. The number of halogens is 1. The number of hydrogen-bond donors (Lipinski definition) is 1. The topological polar surface area (TPSA) is 89.7 Å². The van der Waals surface area contributed by atoms with Crippen LogP contribution < -0.4 is 10.5 Å². The summed E-state index contributed by atoms with van der Waals surface area (Å²) in [5.74, 6) is 0.250. The largest absolute Gasteiger partial charge is 0.457 e. The first-order valence-electron chi connectivity index (χ1n) is 10.6. The van der Waals surface area contributed by atoms with E-state index in [1.807, 2.05) is 30.3 Å². The van der Waals surface area contributed by atoms with Crippen LogP contribution in [0.4, 0.5) is 0 Å². The molecular formula is C25H25ClN2O4S. The summed E-state index contributed by atoms with van der Waals surface area (Å²) < 4.78 is 31.2. The number of hydrogen-bond acceptors (Lipinski definition) is 5. The van der Waals surface area contributed by atoms with E-state index in [1.54, 1.807) is 36.4 Å². The highest BCUT2D eigenvalue weighted by Gasteiger charge is 2.51.